The van der Waals surface area contributed by atoms with Crippen molar-refractivity contribution in [2.24, 2.45) is 10.9 Å². The van der Waals surface area contributed by atoms with Gasteiger partial charge >= 0.3 is 0 Å². The van der Waals surface area contributed by atoms with E-state index in [1.54, 1.807) is 6.21 Å². The van der Waals surface area contributed by atoms with E-state index in [1.807, 2.05) is 19.1 Å². The molecule has 0 atom stereocenters. The third kappa shape index (κ3) is 4.10. The van der Waals surface area contributed by atoms with E-state index in [-0.39, 0.29) is 0 Å². The van der Waals surface area contributed by atoms with Crippen molar-refractivity contribution in [3.05, 3.63) is 29.3 Å². The zero-order valence-electron chi connectivity index (χ0n) is 9.87. The number of hydrogen-bond donors (Lipinski definition) is 1. The Morgan fingerprint density at radius 1 is 1.29 bits per heavy atom. The van der Waals surface area contributed by atoms with Crippen LogP contribution < -0.4 is 10.7 Å². The first-order chi connectivity index (χ1) is 8.22. The Balaban J connectivity index is 2.92. The summed E-state index contributed by atoms with van der Waals surface area (Å²) >= 11 is 11.6. The van der Waals surface area contributed by atoms with Gasteiger partial charge < -0.3 is 10.7 Å². The summed E-state index contributed by atoms with van der Waals surface area (Å²) in [4.78, 5) is 2.16. The lowest BCUT2D eigenvalue weighted by atomic mass is 10.1. The van der Waals surface area contributed by atoms with Gasteiger partial charge in [-0.25, -0.2) is 0 Å². The molecule has 0 saturated heterocycles. The number of nitrogens with two attached hydrogens (primary N) is 1. The van der Waals surface area contributed by atoms with Gasteiger partial charge in [0.25, 0.3) is 0 Å². The fraction of sp³-hybridized carbons (Fsp3) is 0.417. The van der Waals surface area contributed by atoms with Crippen molar-refractivity contribution in [3.63, 3.8) is 0 Å². The molecule has 1 aromatic rings. The average Bonchev–Trinajstić information content (AvgIpc) is 2.32. The fourth-order valence-corrected chi connectivity index (χ4v) is 2.06. The van der Waals surface area contributed by atoms with Gasteiger partial charge in [-0.05, 0) is 30.2 Å². The van der Waals surface area contributed by atoms with Crippen LogP contribution in [-0.4, -0.2) is 31.1 Å². The molecule has 0 bridgehead atoms. The minimum Gasteiger partial charge on any atom is -0.369 e. The lowest BCUT2D eigenvalue weighted by molar-refractivity contribution is 0.873. The van der Waals surface area contributed by atoms with E-state index in [4.69, 9.17) is 29.0 Å². The molecule has 0 saturated carbocycles. The highest BCUT2D eigenvalue weighted by atomic mass is 35.5. The molecule has 0 amide bonds. The molecule has 0 aliphatic heterocycles. The van der Waals surface area contributed by atoms with E-state index in [1.165, 1.54) is 0 Å². The van der Waals surface area contributed by atoms with Crippen LogP contribution in [0.1, 0.15) is 11.1 Å². The molecular weight excluding hydrogens is 257 g/mol. The van der Waals surface area contributed by atoms with Crippen molar-refractivity contribution in [2.45, 2.75) is 6.92 Å². The molecule has 3 nitrogen and oxygen atoms in total. The SMILES string of the molecule is Cc1cc(N(CCCl)CCCl)ccc1C=NN. The molecule has 94 valence electrons. The van der Waals surface area contributed by atoms with Crippen molar-refractivity contribution in [2.75, 3.05) is 29.7 Å². The van der Waals surface area contributed by atoms with Crippen molar-refractivity contribution in [1.29, 1.82) is 0 Å². The van der Waals surface area contributed by atoms with Crippen molar-refractivity contribution in [3.8, 4) is 0 Å². The van der Waals surface area contributed by atoms with E-state index < -0.39 is 0 Å². The predicted molar refractivity (Wildman–Crippen MR) is 76.6 cm³/mol. The number of alkyl halides is 2. The molecule has 0 aliphatic carbocycles. The average molecular weight is 274 g/mol. The minimum absolute atomic E-state index is 0.585. The summed E-state index contributed by atoms with van der Waals surface area (Å²) in [5, 5.41) is 3.53. The quantitative estimate of drug-likeness (QED) is 0.375. The minimum atomic E-state index is 0.585. The molecule has 0 fully saturated rings. The highest BCUT2D eigenvalue weighted by molar-refractivity contribution is 6.18. The lowest BCUT2D eigenvalue weighted by Crippen LogP contribution is -2.27. The van der Waals surface area contributed by atoms with E-state index in [0.717, 1.165) is 29.9 Å². The molecule has 1 aromatic carbocycles. The first kappa shape index (κ1) is 14.1. The third-order valence-corrected chi connectivity index (χ3v) is 2.88. The second-order valence-electron chi connectivity index (χ2n) is 3.68. The number of rotatable bonds is 6. The van der Waals surface area contributed by atoms with E-state index in [9.17, 15) is 0 Å². The summed E-state index contributed by atoms with van der Waals surface area (Å²) in [7, 11) is 0. The summed E-state index contributed by atoms with van der Waals surface area (Å²) < 4.78 is 0. The van der Waals surface area contributed by atoms with Gasteiger partial charge in [0, 0.05) is 30.5 Å². The molecule has 2 N–H and O–H groups in total. The summed E-state index contributed by atoms with van der Waals surface area (Å²) in [6, 6.07) is 6.12. The molecule has 0 unspecified atom stereocenters. The lowest BCUT2D eigenvalue weighted by Gasteiger charge is -2.23. The maximum atomic E-state index is 5.78. The Hall–Kier alpha value is -0.930. The van der Waals surface area contributed by atoms with Crippen LogP contribution in [0.2, 0.25) is 0 Å². The van der Waals surface area contributed by atoms with Gasteiger partial charge in [0.1, 0.15) is 0 Å². The smallest absolute Gasteiger partial charge is 0.0540 e. The van der Waals surface area contributed by atoms with E-state index >= 15 is 0 Å². The van der Waals surface area contributed by atoms with Gasteiger partial charge in [0.05, 0.1) is 6.21 Å². The number of hydrogen-bond acceptors (Lipinski definition) is 3. The van der Waals surface area contributed by atoms with Gasteiger partial charge in [0.2, 0.25) is 0 Å². The van der Waals surface area contributed by atoms with Crippen molar-refractivity contribution < 1.29 is 0 Å². The monoisotopic (exact) mass is 273 g/mol. The Labute approximate surface area is 112 Å². The maximum Gasteiger partial charge on any atom is 0.0540 e. The topological polar surface area (TPSA) is 41.6 Å². The van der Waals surface area contributed by atoms with Crippen LogP contribution in [0.3, 0.4) is 0 Å². The van der Waals surface area contributed by atoms with Crippen LogP contribution in [0.5, 0.6) is 0 Å². The van der Waals surface area contributed by atoms with Crippen LogP contribution >= 0.6 is 23.2 Å². The predicted octanol–water partition coefficient (Wildman–Crippen LogP) is 2.57. The Bertz CT molecular complexity index is 374. The highest BCUT2D eigenvalue weighted by Crippen LogP contribution is 2.18. The van der Waals surface area contributed by atoms with Gasteiger partial charge in [0.15, 0.2) is 0 Å². The Kier molecular flexibility index (Phi) is 6.16. The standard InChI is InChI=1S/C12H17Cl2N3/c1-10-8-12(3-2-11(10)9-16-15)17(6-4-13)7-5-14/h2-3,8-9H,4-7,15H2,1H3. The molecule has 5 heteroatoms. The molecule has 0 spiro atoms. The van der Waals surface area contributed by atoms with Gasteiger partial charge in [-0.1, -0.05) is 6.07 Å². The normalized spacial score (nSPS) is 11.0. The molecule has 0 radical (unpaired) electrons. The number of benzene rings is 1. The molecule has 0 aromatic heterocycles. The van der Waals surface area contributed by atoms with Crippen LogP contribution in [0, 0.1) is 6.92 Å². The van der Waals surface area contributed by atoms with Crippen LogP contribution in [-0.2, 0) is 0 Å². The summed E-state index contributed by atoms with van der Waals surface area (Å²) in [6.45, 7) is 3.61. The summed E-state index contributed by atoms with van der Waals surface area (Å²) in [6.07, 6.45) is 1.65. The second-order valence-corrected chi connectivity index (χ2v) is 4.44. The molecule has 0 heterocycles. The van der Waals surface area contributed by atoms with E-state index in [2.05, 4.69) is 16.1 Å². The summed E-state index contributed by atoms with van der Waals surface area (Å²) in [5.41, 5.74) is 3.27. The first-order valence-corrected chi connectivity index (χ1v) is 6.50. The summed E-state index contributed by atoms with van der Waals surface area (Å²) in [5.74, 6) is 6.32. The zero-order chi connectivity index (χ0) is 12.7. The zero-order valence-corrected chi connectivity index (χ0v) is 11.4. The number of nitrogens with zero attached hydrogens (tertiary/aromatic N) is 2. The van der Waals surface area contributed by atoms with E-state index in [0.29, 0.717) is 11.8 Å². The number of anilines is 1. The Morgan fingerprint density at radius 3 is 2.41 bits per heavy atom. The third-order valence-electron chi connectivity index (χ3n) is 2.54. The Morgan fingerprint density at radius 2 is 1.94 bits per heavy atom. The molecule has 17 heavy (non-hydrogen) atoms. The van der Waals surface area contributed by atoms with Crippen LogP contribution in [0.25, 0.3) is 0 Å². The fourth-order valence-electron chi connectivity index (χ4n) is 1.66. The number of halogens is 2. The molecule has 0 aliphatic rings. The van der Waals surface area contributed by atoms with Gasteiger partial charge in [-0.15, -0.1) is 23.2 Å². The molecule has 1 rings (SSSR count). The van der Waals surface area contributed by atoms with Crippen LogP contribution in [0.15, 0.2) is 23.3 Å². The largest absolute Gasteiger partial charge is 0.369 e. The van der Waals surface area contributed by atoms with Crippen molar-refractivity contribution in [1.82, 2.24) is 0 Å². The van der Waals surface area contributed by atoms with Crippen LogP contribution in [0.4, 0.5) is 5.69 Å². The maximum absolute atomic E-state index is 5.78. The second kappa shape index (κ2) is 7.41. The number of aryl methyl sites for hydroxylation is 1. The highest BCUT2D eigenvalue weighted by Gasteiger charge is 2.06. The molecular formula is C12H17Cl2N3. The first-order valence-electron chi connectivity index (χ1n) is 5.43. The van der Waals surface area contributed by atoms with Gasteiger partial charge in [-0.2, -0.15) is 5.10 Å². The van der Waals surface area contributed by atoms with Crippen molar-refractivity contribution >= 4 is 35.1 Å². The number of hydrazone groups is 1. The van der Waals surface area contributed by atoms with Gasteiger partial charge in [-0.3, -0.25) is 0 Å².